The average molecular weight is 353 g/mol. The number of aryl methyl sites for hydroxylation is 1. The van der Waals surface area contributed by atoms with E-state index in [4.69, 9.17) is 15.8 Å². The molecule has 7 nitrogen and oxygen atoms in total. The summed E-state index contributed by atoms with van der Waals surface area (Å²) in [5.74, 6) is -0.798. The molecule has 1 N–H and O–H groups in total. The van der Waals surface area contributed by atoms with E-state index in [1.165, 1.54) is 6.07 Å². The second-order valence-electron chi connectivity index (χ2n) is 3.34. The number of alkyl halides is 1. The van der Waals surface area contributed by atoms with Gasteiger partial charge in [-0.3, -0.25) is 5.04 Å². The quantitative estimate of drug-likeness (QED) is 0.148. The molecule has 0 amide bonds. The molecular weight excluding hydrogens is 343 g/mol. The summed E-state index contributed by atoms with van der Waals surface area (Å²) in [5, 5.41) is 22.4. The van der Waals surface area contributed by atoms with Crippen LogP contribution in [-0.4, -0.2) is 25.2 Å². The van der Waals surface area contributed by atoms with E-state index in [1.54, 1.807) is 6.92 Å². The normalized spacial score (nSPS) is 10.9. The van der Waals surface area contributed by atoms with Crippen LogP contribution in [0.1, 0.15) is 5.56 Å². The maximum atomic E-state index is 11.4. The summed E-state index contributed by atoms with van der Waals surface area (Å²) >= 11 is 5.82. The zero-order valence-corrected chi connectivity index (χ0v) is 15.0. The van der Waals surface area contributed by atoms with E-state index in [0.717, 1.165) is 6.07 Å². The fraction of sp³-hybridized carbons (Fsp3) is 0.333. The van der Waals surface area contributed by atoms with Gasteiger partial charge in [0.1, 0.15) is 11.5 Å². The van der Waals surface area contributed by atoms with Crippen LogP contribution in [-0.2, 0) is 19.5 Å². The van der Waals surface area contributed by atoms with Crippen molar-refractivity contribution in [3.63, 3.8) is 0 Å². The fourth-order valence-corrected chi connectivity index (χ4v) is 2.89. The van der Waals surface area contributed by atoms with Gasteiger partial charge in [-0.2, -0.15) is 12.8 Å². The molecule has 0 aliphatic heterocycles. The van der Waals surface area contributed by atoms with Crippen LogP contribution in [0.15, 0.2) is 17.0 Å². The first kappa shape index (κ1) is 20.3. The third-order valence-electron chi connectivity index (χ3n) is 1.95. The molecule has 0 saturated heterocycles. The van der Waals surface area contributed by atoms with Crippen LogP contribution in [0.3, 0.4) is 0 Å². The molecule has 108 valence electrons. The third-order valence-corrected chi connectivity index (χ3v) is 4.13. The van der Waals surface area contributed by atoms with Crippen LogP contribution in [0.2, 0.25) is 0 Å². The van der Waals surface area contributed by atoms with Crippen molar-refractivity contribution in [2.24, 2.45) is 0 Å². The summed E-state index contributed by atoms with van der Waals surface area (Å²) in [6.45, 7) is 1.56. The van der Waals surface area contributed by atoms with Crippen molar-refractivity contribution in [1.29, 1.82) is 0 Å². The first-order valence-corrected chi connectivity index (χ1v) is 7.70. The van der Waals surface area contributed by atoms with E-state index >= 15 is 0 Å². The number of hydrogen-bond donors (Lipinski definition) is 1. The maximum absolute atomic E-state index is 11.4. The topological polar surface area (TPSA) is 105 Å². The first-order valence-electron chi connectivity index (χ1n) is 4.84. The molecule has 20 heavy (non-hydrogen) atoms. The number of phenols is 1. The Hall–Kier alpha value is 0.290. The monoisotopic (exact) mass is 352 g/mol. The van der Waals surface area contributed by atoms with Crippen LogP contribution in [0, 0.1) is 6.92 Å². The molecule has 0 atom stereocenters. The summed E-state index contributed by atoms with van der Waals surface area (Å²) in [7, 11) is -3.81. The Labute approximate surface area is 147 Å². The van der Waals surface area contributed by atoms with Crippen molar-refractivity contribution < 1.29 is 61.9 Å². The van der Waals surface area contributed by atoms with Crippen molar-refractivity contribution in [2.75, 3.05) is 11.6 Å². The third kappa shape index (κ3) is 6.37. The van der Waals surface area contributed by atoms with Gasteiger partial charge < -0.3 is 14.5 Å². The molecule has 0 unspecified atom stereocenters. The second-order valence-corrected chi connectivity index (χ2v) is 6.15. The zero-order chi connectivity index (χ0) is 14.5. The van der Waals surface area contributed by atoms with Gasteiger partial charge >= 0.3 is 39.7 Å². The zero-order valence-electron chi connectivity index (χ0n) is 10.7. The summed E-state index contributed by atoms with van der Waals surface area (Å²) in [6.07, 6.45) is 0. The smallest absolute Gasteiger partial charge is 0.691 e. The Kier molecular flexibility index (Phi) is 9.47. The molecule has 11 heteroatoms. The van der Waals surface area contributed by atoms with Gasteiger partial charge in [0.05, 0.1) is 22.7 Å². The minimum absolute atomic E-state index is 0. The fourth-order valence-electron chi connectivity index (χ4n) is 1.13. The van der Waals surface area contributed by atoms with Crippen molar-refractivity contribution in [3.8, 4) is 11.5 Å². The van der Waals surface area contributed by atoms with Gasteiger partial charge in [0.25, 0.3) is 0 Å². The summed E-state index contributed by atoms with van der Waals surface area (Å²) < 4.78 is 31.7. The first-order chi connectivity index (χ1) is 8.89. The van der Waals surface area contributed by atoms with Crippen molar-refractivity contribution in [3.05, 3.63) is 17.7 Å². The molecule has 0 saturated carbocycles. The predicted molar refractivity (Wildman–Crippen MR) is 66.0 cm³/mol. The van der Waals surface area contributed by atoms with Crippen LogP contribution in [0.5, 0.6) is 11.5 Å². The van der Waals surface area contributed by atoms with Gasteiger partial charge in [0.2, 0.25) is 0 Å². The van der Waals surface area contributed by atoms with Crippen molar-refractivity contribution >= 4 is 33.8 Å². The van der Waals surface area contributed by atoms with Gasteiger partial charge in [-0.15, -0.1) is 11.6 Å². The standard InChI is InChI=1S/C9H11ClO7S2.Na/c1-6-4-9(18-17-16-12)7(11)5-8(6)15-19(13,14)3-2-10;/h4-5,11-12H,2-3H2,1H3;/q;+1/p-1. The van der Waals surface area contributed by atoms with Gasteiger partial charge in [0, 0.05) is 11.9 Å². The molecule has 0 aliphatic rings. The molecule has 1 rings (SSSR count). The SMILES string of the molecule is Cc1cc(SOO[O-])c(O)cc1OS(=O)(=O)CCCl.[Na+]. The molecular formula is C9H10ClNaO7S2. The molecule has 1 aromatic carbocycles. The van der Waals surface area contributed by atoms with Gasteiger partial charge in [-0.05, 0) is 18.6 Å². The van der Waals surface area contributed by atoms with E-state index in [9.17, 15) is 18.8 Å². The van der Waals surface area contributed by atoms with E-state index in [-0.39, 0.29) is 57.6 Å². The number of phenolic OH excluding ortho intramolecular Hbond substituents is 1. The Bertz CT molecular complexity index is 537. The van der Waals surface area contributed by atoms with Crippen LogP contribution >= 0.6 is 23.6 Å². The minimum Gasteiger partial charge on any atom is -0.691 e. The largest absolute Gasteiger partial charge is 1.00 e. The molecule has 0 fully saturated rings. The molecule has 0 aromatic heterocycles. The number of benzene rings is 1. The minimum atomic E-state index is -3.81. The van der Waals surface area contributed by atoms with Crippen molar-refractivity contribution in [2.45, 2.75) is 11.8 Å². The van der Waals surface area contributed by atoms with Crippen LogP contribution < -0.4 is 39.0 Å². The summed E-state index contributed by atoms with van der Waals surface area (Å²) in [4.78, 5) is 0.176. The Morgan fingerprint density at radius 1 is 1.45 bits per heavy atom. The van der Waals surface area contributed by atoms with E-state index in [1.807, 2.05) is 0 Å². The van der Waals surface area contributed by atoms with E-state index in [2.05, 4.69) is 9.37 Å². The summed E-state index contributed by atoms with van der Waals surface area (Å²) in [6, 6.07) is 2.47. The van der Waals surface area contributed by atoms with Crippen LogP contribution in [0.4, 0.5) is 0 Å². The molecule has 0 heterocycles. The number of hydrogen-bond acceptors (Lipinski definition) is 8. The Balaban J connectivity index is 0.00000361. The molecule has 0 aliphatic carbocycles. The van der Waals surface area contributed by atoms with E-state index in [0.29, 0.717) is 17.6 Å². The van der Waals surface area contributed by atoms with Gasteiger partial charge in [-0.1, -0.05) is 0 Å². The summed E-state index contributed by atoms with van der Waals surface area (Å²) in [5.41, 5.74) is 0.424. The van der Waals surface area contributed by atoms with Gasteiger partial charge in [-0.25, -0.2) is 0 Å². The molecule has 0 spiro atoms. The number of aromatic hydroxyl groups is 1. The number of halogens is 1. The van der Waals surface area contributed by atoms with E-state index < -0.39 is 10.1 Å². The molecule has 0 radical (unpaired) electrons. The maximum Gasteiger partial charge on any atom is 1.00 e. The number of rotatable bonds is 7. The second kappa shape index (κ2) is 9.34. The van der Waals surface area contributed by atoms with Crippen LogP contribution in [0.25, 0.3) is 0 Å². The molecule has 1 aromatic rings. The predicted octanol–water partition coefficient (Wildman–Crippen LogP) is -2.12. The molecule has 0 bridgehead atoms. The average Bonchev–Trinajstić information content (AvgIpc) is 2.31. The van der Waals surface area contributed by atoms with Gasteiger partial charge in [0.15, 0.2) is 0 Å². The Morgan fingerprint density at radius 3 is 2.65 bits per heavy atom. The van der Waals surface area contributed by atoms with Crippen molar-refractivity contribution in [1.82, 2.24) is 0 Å². The Morgan fingerprint density at radius 2 is 2.10 bits per heavy atom.